The number of aromatic nitrogens is 2. The Hall–Kier alpha value is -1.51. The fourth-order valence-corrected chi connectivity index (χ4v) is 2.94. The second-order valence-electron chi connectivity index (χ2n) is 3.38. The molecular formula is C10H12N4O2S2. The highest BCUT2D eigenvalue weighted by Crippen LogP contribution is 2.13. The van der Waals surface area contributed by atoms with E-state index in [4.69, 9.17) is 0 Å². The molecule has 0 unspecified atom stereocenters. The first kappa shape index (κ1) is 12.9. The van der Waals surface area contributed by atoms with Crippen molar-refractivity contribution in [1.29, 1.82) is 0 Å². The summed E-state index contributed by atoms with van der Waals surface area (Å²) >= 11 is 1.40. The maximum Gasteiger partial charge on any atom is 0.241 e. The van der Waals surface area contributed by atoms with Gasteiger partial charge in [-0.3, -0.25) is 0 Å². The van der Waals surface area contributed by atoms with Crippen molar-refractivity contribution in [3.63, 3.8) is 0 Å². The summed E-state index contributed by atoms with van der Waals surface area (Å²) in [5.41, 5.74) is 0. The molecule has 0 spiro atoms. The van der Waals surface area contributed by atoms with Crippen molar-refractivity contribution >= 4 is 27.2 Å². The molecule has 0 aromatic carbocycles. The van der Waals surface area contributed by atoms with Gasteiger partial charge in [0.25, 0.3) is 0 Å². The van der Waals surface area contributed by atoms with Crippen LogP contribution in [0, 0.1) is 0 Å². The zero-order chi connectivity index (χ0) is 13.0. The average Bonchev–Trinajstić information content (AvgIpc) is 2.90. The van der Waals surface area contributed by atoms with Gasteiger partial charge in [-0.05, 0) is 6.07 Å². The van der Waals surface area contributed by atoms with E-state index < -0.39 is 10.0 Å². The summed E-state index contributed by atoms with van der Waals surface area (Å²) < 4.78 is 26.5. The fraction of sp³-hybridized carbons (Fsp3) is 0.200. The highest BCUT2D eigenvalue weighted by molar-refractivity contribution is 7.89. The maximum atomic E-state index is 12.0. The van der Waals surface area contributed by atoms with E-state index in [1.165, 1.54) is 29.7 Å². The summed E-state index contributed by atoms with van der Waals surface area (Å²) in [7, 11) is -1.85. The second-order valence-corrected chi connectivity index (χ2v) is 6.12. The van der Waals surface area contributed by atoms with Crippen molar-refractivity contribution in [2.75, 3.05) is 12.4 Å². The Morgan fingerprint density at radius 3 is 2.83 bits per heavy atom. The molecular weight excluding hydrogens is 272 g/mol. The van der Waals surface area contributed by atoms with Gasteiger partial charge >= 0.3 is 0 Å². The summed E-state index contributed by atoms with van der Waals surface area (Å²) in [6, 6.07) is 2.93. The summed E-state index contributed by atoms with van der Waals surface area (Å²) in [6.45, 7) is 0.192. The van der Waals surface area contributed by atoms with Crippen molar-refractivity contribution < 1.29 is 8.42 Å². The largest absolute Gasteiger partial charge is 0.373 e. The first-order valence-corrected chi connectivity index (χ1v) is 7.50. The number of nitrogens with zero attached hydrogens (tertiary/aromatic N) is 2. The molecule has 0 atom stereocenters. The van der Waals surface area contributed by atoms with Gasteiger partial charge in [-0.25, -0.2) is 23.1 Å². The minimum atomic E-state index is -3.53. The number of sulfonamides is 1. The molecule has 0 aliphatic heterocycles. The van der Waals surface area contributed by atoms with Gasteiger partial charge < -0.3 is 5.32 Å². The van der Waals surface area contributed by atoms with Crippen LogP contribution in [-0.4, -0.2) is 25.4 Å². The number of hydrogen-bond acceptors (Lipinski definition) is 6. The van der Waals surface area contributed by atoms with E-state index in [0.29, 0.717) is 5.82 Å². The zero-order valence-electron chi connectivity index (χ0n) is 9.62. The normalized spacial score (nSPS) is 11.4. The molecule has 2 rings (SSSR count). The second kappa shape index (κ2) is 5.42. The van der Waals surface area contributed by atoms with Crippen molar-refractivity contribution in [2.24, 2.45) is 0 Å². The Morgan fingerprint density at radius 1 is 1.33 bits per heavy atom. The first-order valence-electron chi connectivity index (χ1n) is 5.13. The highest BCUT2D eigenvalue weighted by atomic mass is 32.2. The lowest BCUT2D eigenvalue weighted by Crippen LogP contribution is -2.23. The number of rotatable bonds is 5. The third kappa shape index (κ3) is 3.03. The Balaban J connectivity index is 2.14. The van der Waals surface area contributed by atoms with Crippen LogP contribution in [0.4, 0.5) is 5.82 Å². The van der Waals surface area contributed by atoms with Crippen LogP contribution in [0.2, 0.25) is 0 Å². The van der Waals surface area contributed by atoms with E-state index in [9.17, 15) is 8.42 Å². The summed E-state index contributed by atoms with van der Waals surface area (Å²) in [6.07, 6.45) is 3.09. The monoisotopic (exact) mass is 284 g/mol. The number of nitrogens with one attached hydrogen (secondary N) is 2. The average molecular weight is 284 g/mol. The Morgan fingerprint density at radius 2 is 2.17 bits per heavy atom. The topological polar surface area (TPSA) is 84.0 Å². The molecule has 0 aliphatic carbocycles. The zero-order valence-corrected chi connectivity index (χ0v) is 11.3. The summed E-state index contributed by atoms with van der Waals surface area (Å²) in [5.74, 6) is 0.507. The number of hydrogen-bond donors (Lipinski definition) is 2. The van der Waals surface area contributed by atoms with Crippen LogP contribution in [0.15, 0.2) is 34.8 Å². The molecule has 2 N–H and O–H groups in total. The predicted molar refractivity (Wildman–Crippen MR) is 69.9 cm³/mol. The van der Waals surface area contributed by atoms with E-state index in [-0.39, 0.29) is 11.4 Å². The van der Waals surface area contributed by atoms with Crippen molar-refractivity contribution in [1.82, 2.24) is 14.7 Å². The number of thiazole rings is 1. The van der Waals surface area contributed by atoms with Crippen LogP contribution in [0.5, 0.6) is 0 Å². The molecule has 0 radical (unpaired) electrons. The molecule has 2 heterocycles. The summed E-state index contributed by atoms with van der Waals surface area (Å²) in [5, 5.41) is 5.32. The molecule has 0 saturated carbocycles. The third-order valence-corrected chi connectivity index (χ3v) is 4.37. The van der Waals surface area contributed by atoms with Crippen LogP contribution in [0.3, 0.4) is 0 Å². The van der Waals surface area contributed by atoms with E-state index in [1.807, 2.05) is 0 Å². The molecule has 0 bridgehead atoms. The quantitative estimate of drug-likeness (QED) is 0.857. The molecule has 0 aliphatic rings. The van der Waals surface area contributed by atoms with E-state index in [0.717, 1.165) is 5.01 Å². The maximum absolute atomic E-state index is 12.0. The number of pyridine rings is 1. The van der Waals surface area contributed by atoms with Gasteiger partial charge in [0.2, 0.25) is 10.0 Å². The molecule has 0 fully saturated rings. The van der Waals surface area contributed by atoms with Gasteiger partial charge in [0.15, 0.2) is 0 Å². The first-order chi connectivity index (χ1) is 8.62. The Kier molecular flexibility index (Phi) is 3.90. The molecule has 96 valence electrons. The lowest BCUT2D eigenvalue weighted by Gasteiger charge is -2.06. The van der Waals surface area contributed by atoms with Crippen LogP contribution < -0.4 is 10.0 Å². The van der Waals surface area contributed by atoms with Crippen molar-refractivity contribution in [3.05, 3.63) is 34.9 Å². The minimum Gasteiger partial charge on any atom is -0.373 e. The van der Waals surface area contributed by atoms with Crippen LogP contribution >= 0.6 is 11.3 Å². The predicted octanol–water partition coefficient (Wildman–Crippen LogP) is 1.06. The molecule has 0 saturated heterocycles. The Bertz CT molecular complexity index is 611. The molecule has 2 aromatic rings. The molecule has 18 heavy (non-hydrogen) atoms. The third-order valence-electron chi connectivity index (χ3n) is 2.19. The molecule has 0 amide bonds. The highest BCUT2D eigenvalue weighted by Gasteiger charge is 2.14. The van der Waals surface area contributed by atoms with Crippen LogP contribution in [0.25, 0.3) is 0 Å². The molecule has 8 heteroatoms. The lowest BCUT2D eigenvalue weighted by molar-refractivity contribution is 0.581. The van der Waals surface area contributed by atoms with E-state index in [1.54, 1.807) is 18.6 Å². The van der Waals surface area contributed by atoms with Gasteiger partial charge in [-0.2, -0.15) is 0 Å². The van der Waals surface area contributed by atoms with Gasteiger partial charge in [-0.15, -0.1) is 11.3 Å². The van der Waals surface area contributed by atoms with Gasteiger partial charge in [0.1, 0.15) is 10.8 Å². The SMILES string of the molecule is CNc1cc(S(=O)(=O)NCc2nccs2)ccn1. The molecule has 6 nitrogen and oxygen atoms in total. The lowest BCUT2D eigenvalue weighted by atomic mass is 10.5. The smallest absolute Gasteiger partial charge is 0.241 e. The minimum absolute atomic E-state index is 0.179. The van der Waals surface area contributed by atoms with Gasteiger partial charge in [0.05, 0.1) is 11.4 Å². The van der Waals surface area contributed by atoms with E-state index in [2.05, 4.69) is 20.0 Å². The van der Waals surface area contributed by atoms with Gasteiger partial charge in [-0.1, -0.05) is 0 Å². The fourth-order valence-electron chi connectivity index (χ4n) is 1.30. The summed E-state index contributed by atoms with van der Waals surface area (Å²) in [4.78, 5) is 8.16. The molecule has 2 aromatic heterocycles. The van der Waals surface area contributed by atoms with Crippen LogP contribution in [-0.2, 0) is 16.6 Å². The Labute approximate surface area is 109 Å². The van der Waals surface area contributed by atoms with Crippen molar-refractivity contribution in [3.8, 4) is 0 Å². The van der Waals surface area contributed by atoms with Crippen LogP contribution in [0.1, 0.15) is 5.01 Å². The van der Waals surface area contributed by atoms with E-state index >= 15 is 0 Å². The van der Waals surface area contributed by atoms with Gasteiger partial charge in [0, 0.05) is 30.9 Å². The van der Waals surface area contributed by atoms with Crippen molar-refractivity contribution in [2.45, 2.75) is 11.4 Å². The standard InChI is InChI=1S/C10H12N4O2S2/c1-11-9-6-8(2-3-12-9)18(15,16)14-7-10-13-4-5-17-10/h2-6,14H,7H2,1H3,(H,11,12). The number of anilines is 1.